The summed E-state index contributed by atoms with van der Waals surface area (Å²) in [5, 5.41) is 14.0. The first-order chi connectivity index (χ1) is 18.5. The van der Waals surface area contributed by atoms with Gasteiger partial charge in [0.15, 0.2) is 0 Å². The van der Waals surface area contributed by atoms with E-state index in [1.807, 2.05) is 66.7 Å². The highest BCUT2D eigenvalue weighted by molar-refractivity contribution is 5.97. The highest BCUT2D eigenvalue weighted by Crippen LogP contribution is 2.26. The Labute approximate surface area is 220 Å². The van der Waals surface area contributed by atoms with E-state index in [-0.39, 0.29) is 38.5 Å². The summed E-state index contributed by atoms with van der Waals surface area (Å²) in [6.07, 6.45) is -0.798. The van der Waals surface area contributed by atoms with Gasteiger partial charge in [0.05, 0.1) is 32.0 Å². The van der Waals surface area contributed by atoms with E-state index >= 15 is 0 Å². The molecule has 1 atom stereocenters. The van der Waals surface area contributed by atoms with Gasteiger partial charge in [0.1, 0.15) is 11.7 Å². The molecule has 0 unspecified atom stereocenters. The number of aliphatic hydroxyl groups excluding tert-OH is 1. The highest BCUT2D eigenvalue weighted by Gasteiger charge is 2.30. The number of ether oxygens (including phenoxy) is 1. The minimum absolute atomic E-state index is 0.129. The molecule has 10 nitrogen and oxygen atoms in total. The Morgan fingerprint density at radius 3 is 2.16 bits per heavy atom. The third-order valence-corrected chi connectivity index (χ3v) is 6.04. The predicted molar refractivity (Wildman–Crippen MR) is 140 cm³/mol. The lowest BCUT2D eigenvalue weighted by atomic mass is 10.0. The van der Waals surface area contributed by atoms with Crippen molar-refractivity contribution in [3.63, 3.8) is 0 Å². The van der Waals surface area contributed by atoms with Crippen molar-refractivity contribution in [3.05, 3.63) is 78.5 Å². The van der Waals surface area contributed by atoms with Crippen LogP contribution in [0.5, 0.6) is 0 Å². The summed E-state index contributed by atoms with van der Waals surface area (Å²) in [6.45, 7) is 2.36. The van der Waals surface area contributed by atoms with Crippen LogP contribution in [0.3, 0.4) is 0 Å². The van der Waals surface area contributed by atoms with Gasteiger partial charge in [-0.1, -0.05) is 60.7 Å². The zero-order valence-corrected chi connectivity index (χ0v) is 21.1. The van der Waals surface area contributed by atoms with E-state index < -0.39 is 30.6 Å². The van der Waals surface area contributed by atoms with Crippen molar-refractivity contribution < 1.29 is 29.1 Å². The molecular formula is C28H30N4O6. The Kier molecular flexibility index (Phi) is 9.02. The molecule has 2 heterocycles. The van der Waals surface area contributed by atoms with Gasteiger partial charge >= 0.3 is 6.16 Å². The van der Waals surface area contributed by atoms with Crippen LogP contribution in [-0.4, -0.2) is 83.5 Å². The molecule has 38 heavy (non-hydrogen) atoms. The second-order valence-electron chi connectivity index (χ2n) is 8.60. The zero-order valence-electron chi connectivity index (χ0n) is 21.1. The SMILES string of the molecule is CCOC(=O)ON1CCN(C(=O)[C@H](CO)NC(=O)c2cc(-c3ccccc3)cc(-c3ccccc3)n2)CC1. The standard InChI is InChI=1S/C28H30N4O6/c1-2-37-28(36)38-32-15-13-31(14-16-32)27(35)25(19-33)30-26(34)24-18-22(20-9-5-3-6-10-20)17-23(29-24)21-11-7-4-8-12-21/h3-12,17-18,25,33H,2,13-16,19H2,1H3,(H,30,34)/t25-/m0/s1. The van der Waals surface area contributed by atoms with E-state index in [0.717, 1.165) is 16.7 Å². The van der Waals surface area contributed by atoms with Crippen LogP contribution in [0.4, 0.5) is 4.79 Å². The molecule has 198 valence electrons. The maximum Gasteiger partial charge on any atom is 0.527 e. The van der Waals surface area contributed by atoms with Gasteiger partial charge < -0.3 is 24.9 Å². The Balaban J connectivity index is 1.48. The number of nitrogens with zero attached hydrogens (tertiary/aromatic N) is 3. The fraction of sp³-hybridized carbons (Fsp3) is 0.286. The van der Waals surface area contributed by atoms with Gasteiger partial charge in [-0.05, 0) is 30.2 Å². The smallest absolute Gasteiger partial charge is 0.433 e. The number of hydrogen-bond donors (Lipinski definition) is 2. The minimum atomic E-state index is -1.15. The molecule has 2 amide bonds. The topological polar surface area (TPSA) is 121 Å². The number of rotatable bonds is 8. The summed E-state index contributed by atoms with van der Waals surface area (Å²) < 4.78 is 4.76. The van der Waals surface area contributed by atoms with Crippen molar-refractivity contribution >= 4 is 18.0 Å². The van der Waals surface area contributed by atoms with Gasteiger partial charge in [-0.3, -0.25) is 9.59 Å². The van der Waals surface area contributed by atoms with Crippen LogP contribution in [-0.2, 0) is 14.4 Å². The number of piperazine rings is 1. The molecule has 2 N–H and O–H groups in total. The molecule has 1 fully saturated rings. The third-order valence-electron chi connectivity index (χ3n) is 6.04. The van der Waals surface area contributed by atoms with Crippen molar-refractivity contribution in [2.45, 2.75) is 13.0 Å². The quantitative estimate of drug-likeness (QED) is 0.437. The molecule has 0 bridgehead atoms. The van der Waals surface area contributed by atoms with Gasteiger partial charge in [-0.25, -0.2) is 9.78 Å². The van der Waals surface area contributed by atoms with E-state index in [1.165, 1.54) is 9.96 Å². The van der Waals surface area contributed by atoms with Crippen LogP contribution in [0.2, 0.25) is 0 Å². The third kappa shape index (κ3) is 6.72. The molecule has 10 heteroatoms. The average molecular weight is 519 g/mol. The lowest BCUT2D eigenvalue weighted by Gasteiger charge is -2.34. The van der Waals surface area contributed by atoms with Crippen LogP contribution < -0.4 is 5.32 Å². The van der Waals surface area contributed by atoms with Crippen LogP contribution in [0.25, 0.3) is 22.4 Å². The fourth-order valence-corrected chi connectivity index (χ4v) is 4.09. The normalized spacial score (nSPS) is 14.4. The van der Waals surface area contributed by atoms with E-state index in [1.54, 1.807) is 13.0 Å². The average Bonchev–Trinajstić information content (AvgIpc) is 2.96. The molecule has 1 saturated heterocycles. The van der Waals surface area contributed by atoms with Crippen molar-refractivity contribution in [2.75, 3.05) is 39.4 Å². The molecule has 3 aromatic rings. The number of carbonyl (C=O) groups is 3. The summed E-state index contributed by atoms with van der Waals surface area (Å²) >= 11 is 0. The van der Waals surface area contributed by atoms with Crippen LogP contribution in [0.15, 0.2) is 72.8 Å². The second kappa shape index (κ2) is 12.8. The number of aromatic nitrogens is 1. The molecule has 4 rings (SSSR count). The summed E-state index contributed by atoms with van der Waals surface area (Å²) in [5.41, 5.74) is 3.30. The monoisotopic (exact) mass is 518 g/mol. The lowest BCUT2D eigenvalue weighted by Crippen LogP contribution is -2.56. The molecule has 0 aliphatic carbocycles. The maximum atomic E-state index is 13.3. The van der Waals surface area contributed by atoms with Gasteiger partial charge in [-0.2, -0.15) is 0 Å². The number of hydroxylamine groups is 2. The summed E-state index contributed by atoms with van der Waals surface area (Å²) in [5.74, 6) is -1.00. The number of benzene rings is 2. The van der Waals surface area contributed by atoms with Crippen LogP contribution in [0.1, 0.15) is 17.4 Å². The largest absolute Gasteiger partial charge is 0.527 e. The lowest BCUT2D eigenvalue weighted by molar-refractivity contribution is -0.157. The minimum Gasteiger partial charge on any atom is -0.433 e. The van der Waals surface area contributed by atoms with Crippen LogP contribution in [0, 0.1) is 0 Å². The molecule has 0 radical (unpaired) electrons. The van der Waals surface area contributed by atoms with E-state index in [4.69, 9.17) is 9.57 Å². The first-order valence-corrected chi connectivity index (χ1v) is 12.4. The summed E-state index contributed by atoms with van der Waals surface area (Å²) in [7, 11) is 0. The molecule has 1 aliphatic rings. The Morgan fingerprint density at radius 2 is 1.55 bits per heavy atom. The van der Waals surface area contributed by atoms with Crippen molar-refractivity contribution in [2.24, 2.45) is 0 Å². The number of pyridine rings is 1. The molecule has 1 aromatic heterocycles. The Bertz CT molecular complexity index is 1190. The highest BCUT2D eigenvalue weighted by atomic mass is 16.8. The van der Waals surface area contributed by atoms with Crippen LogP contribution >= 0.6 is 0 Å². The molecule has 2 aromatic carbocycles. The number of amides is 2. The Hall–Kier alpha value is -4.28. The van der Waals surface area contributed by atoms with E-state index in [0.29, 0.717) is 5.69 Å². The number of aliphatic hydroxyl groups is 1. The predicted octanol–water partition coefficient (Wildman–Crippen LogP) is 2.74. The second-order valence-corrected chi connectivity index (χ2v) is 8.60. The summed E-state index contributed by atoms with van der Waals surface area (Å²) in [6, 6.07) is 21.6. The first kappa shape index (κ1) is 26.8. The van der Waals surface area contributed by atoms with Gasteiger partial charge in [0, 0.05) is 18.7 Å². The first-order valence-electron chi connectivity index (χ1n) is 12.4. The molecule has 0 saturated carbocycles. The van der Waals surface area contributed by atoms with Gasteiger partial charge in [-0.15, -0.1) is 5.06 Å². The van der Waals surface area contributed by atoms with Crippen molar-refractivity contribution in [1.29, 1.82) is 0 Å². The molecular weight excluding hydrogens is 488 g/mol. The van der Waals surface area contributed by atoms with Crippen molar-refractivity contribution in [1.82, 2.24) is 20.3 Å². The number of carbonyl (C=O) groups excluding carboxylic acids is 3. The van der Waals surface area contributed by atoms with E-state index in [9.17, 15) is 19.5 Å². The number of hydrogen-bond acceptors (Lipinski definition) is 8. The van der Waals surface area contributed by atoms with Gasteiger partial charge in [0.25, 0.3) is 5.91 Å². The Morgan fingerprint density at radius 1 is 0.921 bits per heavy atom. The van der Waals surface area contributed by atoms with Gasteiger partial charge in [0.2, 0.25) is 5.91 Å². The molecule has 1 aliphatic heterocycles. The van der Waals surface area contributed by atoms with E-state index in [2.05, 4.69) is 10.3 Å². The summed E-state index contributed by atoms with van der Waals surface area (Å²) in [4.78, 5) is 49.0. The van der Waals surface area contributed by atoms with Crippen molar-refractivity contribution in [3.8, 4) is 22.4 Å². The zero-order chi connectivity index (χ0) is 26.9. The number of nitrogens with one attached hydrogen (secondary N) is 1. The fourth-order valence-electron chi connectivity index (χ4n) is 4.09. The molecule has 0 spiro atoms. The maximum absolute atomic E-state index is 13.3.